The van der Waals surface area contributed by atoms with Gasteiger partial charge in [-0.1, -0.05) is 26.2 Å². The van der Waals surface area contributed by atoms with Gasteiger partial charge >= 0.3 is 23.5 Å². The molecule has 10 heavy (non-hydrogen) atoms. The molecule has 0 fully saturated rings. The fourth-order valence-electron chi connectivity index (χ4n) is 0.539. The summed E-state index contributed by atoms with van der Waals surface area (Å²) < 4.78 is 16.9. The summed E-state index contributed by atoms with van der Waals surface area (Å²) in [7, 11) is 0. The second-order valence-electron chi connectivity index (χ2n) is 1.86. The quantitative estimate of drug-likeness (QED) is 0.672. The maximum absolute atomic E-state index is 8.47. The van der Waals surface area contributed by atoms with Crippen LogP contribution in [-0.4, -0.2) is 11.7 Å². The van der Waals surface area contributed by atoms with Gasteiger partial charge in [-0.05, 0) is 6.42 Å². The zero-order valence-corrected chi connectivity index (χ0v) is 7.64. The van der Waals surface area contributed by atoms with Crippen LogP contribution in [0.3, 0.4) is 0 Å². The second-order valence-corrected chi connectivity index (χ2v) is 2.09. The summed E-state index contributed by atoms with van der Waals surface area (Å²) in [5, 5.41) is 8.29. The summed E-state index contributed by atoms with van der Waals surface area (Å²) in [6, 6.07) is 0. The first-order chi connectivity index (χ1) is 4.83. The van der Waals surface area contributed by atoms with Crippen LogP contribution in [0.1, 0.15) is 32.6 Å². The van der Waals surface area contributed by atoms with Crippen molar-refractivity contribution in [3.8, 4) is 0 Å². The third-order valence-corrected chi connectivity index (χ3v) is 1.01. The number of hydrogen-bond donors (Lipinski definition) is 1. The van der Waals surface area contributed by atoms with Gasteiger partial charge in [-0.15, -0.1) is 0 Å². The van der Waals surface area contributed by atoms with E-state index in [0.717, 1.165) is 6.42 Å². The molecule has 1 N–H and O–H groups in total. The Labute approximate surface area is 68.4 Å². The SMILES string of the molecule is CCCCCCO.[O]=[V]=[O]. The second kappa shape index (κ2) is 16.1. The molecular weight excluding hydrogens is 171 g/mol. The van der Waals surface area contributed by atoms with E-state index in [2.05, 4.69) is 6.92 Å². The molecule has 0 radical (unpaired) electrons. The van der Waals surface area contributed by atoms with E-state index < -0.39 is 16.2 Å². The van der Waals surface area contributed by atoms with E-state index in [1.807, 2.05) is 0 Å². The Hall–Kier alpha value is 0.144. The Morgan fingerprint density at radius 1 is 1.20 bits per heavy atom. The van der Waals surface area contributed by atoms with E-state index in [0.29, 0.717) is 6.61 Å². The predicted octanol–water partition coefficient (Wildman–Crippen LogP) is 1.32. The van der Waals surface area contributed by atoms with E-state index in [1.165, 1.54) is 19.3 Å². The molecule has 0 spiro atoms. The molecule has 0 unspecified atom stereocenters. The molecule has 0 saturated heterocycles. The van der Waals surface area contributed by atoms with Crippen molar-refractivity contribution in [3.05, 3.63) is 0 Å². The number of rotatable bonds is 4. The summed E-state index contributed by atoms with van der Waals surface area (Å²) >= 11 is -1.81. The monoisotopic (exact) mass is 185 g/mol. The van der Waals surface area contributed by atoms with Crippen LogP contribution in [0.5, 0.6) is 0 Å². The van der Waals surface area contributed by atoms with E-state index in [4.69, 9.17) is 12.5 Å². The molecule has 0 bridgehead atoms. The molecule has 61 valence electrons. The number of unbranched alkanes of at least 4 members (excludes halogenated alkanes) is 3. The summed E-state index contributed by atoms with van der Waals surface area (Å²) in [6.45, 7) is 2.53. The molecule has 0 aliphatic heterocycles. The predicted molar refractivity (Wildman–Crippen MR) is 32.6 cm³/mol. The van der Waals surface area contributed by atoms with Crippen LogP contribution in [0, 0.1) is 0 Å². The van der Waals surface area contributed by atoms with Crippen molar-refractivity contribution in [1.29, 1.82) is 0 Å². The van der Waals surface area contributed by atoms with Gasteiger partial charge in [-0.25, -0.2) is 0 Å². The van der Waals surface area contributed by atoms with Gasteiger partial charge in [0.05, 0.1) is 0 Å². The fraction of sp³-hybridized carbons (Fsp3) is 1.00. The topological polar surface area (TPSA) is 54.4 Å². The van der Waals surface area contributed by atoms with Crippen LogP contribution in [0.15, 0.2) is 0 Å². The molecule has 3 nitrogen and oxygen atoms in total. The van der Waals surface area contributed by atoms with Crippen LogP contribution in [-0.2, 0) is 23.5 Å². The van der Waals surface area contributed by atoms with Gasteiger partial charge in [0.15, 0.2) is 0 Å². The average Bonchev–Trinajstić information content (AvgIpc) is 1.91. The zero-order chi connectivity index (χ0) is 8.24. The average molecular weight is 185 g/mol. The summed E-state index contributed by atoms with van der Waals surface area (Å²) in [5.41, 5.74) is 0. The third-order valence-electron chi connectivity index (χ3n) is 1.01. The van der Waals surface area contributed by atoms with Crippen LogP contribution in [0.25, 0.3) is 0 Å². The maximum atomic E-state index is 8.47. The molecule has 0 aliphatic rings. The molecule has 0 aromatic rings. The summed E-state index contributed by atoms with van der Waals surface area (Å²) in [6.07, 6.45) is 4.68. The van der Waals surface area contributed by atoms with Gasteiger partial charge < -0.3 is 5.11 Å². The van der Waals surface area contributed by atoms with E-state index >= 15 is 0 Å². The molecular formula is C6H14O3V. The van der Waals surface area contributed by atoms with Gasteiger partial charge in [0.2, 0.25) is 0 Å². The van der Waals surface area contributed by atoms with Crippen LogP contribution < -0.4 is 0 Å². The first-order valence-electron chi connectivity index (χ1n) is 3.39. The molecule has 0 saturated carbocycles. The Balaban J connectivity index is 0. The number of hydrogen-bond acceptors (Lipinski definition) is 3. The number of aliphatic hydroxyl groups excluding tert-OH is 1. The molecule has 4 heteroatoms. The molecule has 0 rings (SSSR count). The fourth-order valence-corrected chi connectivity index (χ4v) is 0.539. The zero-order valence-electron chi connectivity index (χ0n) is 6.25. The molecule has 0 aliphatic carbocycles. The minimum atomic E-state index is -1.81. The van der Waals surface area contributed by atoms with Crippen molar-refractivity contribution < 1.29 is 28.6 Å². The Kier molecular flexibility index (Phi) is 20.5. The molecule has 0 aromatic carbocycles. The van der Waals surface area contributed by atoms with Crippen molar-refractivity contribution >= 4 is 0 Å². The Morgan fingerprint density at radius 2 is 1.70 bits per heavy atom. The number of aliphatic hydroxyl groups is 1. The van der Waals surface area contributed by atoms with Gasteiger partial charge in [0.25, 0.3) is 0 Å². The Morgan fingerprint density at radius 3 is 2.00 bits per heavy atom. The summed E-state index contributed by atoms with van der Waals surface area (Å²) in [4.78, 5) is 0. The van der Waals surface area contributed by atoms with Crippen molar-refractivity contribution in [1.82, 2.24) is 0 Å². The Bertz CT molecular complexity index is 75.1. The molecule has 0 aromatic heterocycles. The van der Waals surface area contributed by atoms with Gasteiger partial charge in [-0.3, -0.25) is 0 Å². The molecule has 0 atom stereocenters. The minimum absolute atomic E-state index is 0.361. The van der Waals surface area contributed by atoms with Crippen molar-refractivity contribution in [3.63, 3.8) is 0 Å². The van der Waals surface area contributed by atoms with E-state index in [9.17, 15) is 0 Å². The van der Waals surface area contributed by atoms with Crippen molar-refractivity contribution in [2.24, 2.45) is 0 Å². The van der Waals surface area contributed by atoms with E-state index in [1.54, 1.807) is 0 Å². The van der Waals surface area contributed by atoms with Gasteiger partial charge in [0, 0.05) is 6.61 Å². The standard InChI is InChI=1S/C6H14O.2O.V/c1-2-3-4-5-6-7;;;/h7H,2-6H2,1H3;;;. The molecule has 0 amide bonds. The third kappa shape index (κ3) is 24.2. The van der Waals surface area contributed by atoms with Crippen LogP contribution in [0.2, 0.25) is 0 Å². The summed E-state index contributed by atoms with van der Waals surface area (Å²) in [5.74, 6) is 0. The van der Waals surface area contributed by atoms with Crippen LogP contribution >= 0.6 is 0 Å². The first kappa shape index (κ1) is 12.8. The molecule has 0 heterocycles. The van der Waals surface area contributed by atoms with Gasteiger partial charge in [-0.2, -0.15) is 0 Å². The van der Waals surface area contributed by atoms with Crippen molar-refractivity contribution in [2.45, 2.75) is 32.6 Å². The normalized spacial score (nSPS) is 7.40. The first-order valence-corrected chi connectivity index (χ1v) is 4.53. The van der Waals surface area contributed by atoms with E-state index in [-0.39, 0.29) is 0 Å². The van der Waals surface area contributed by atoms with Crippen molar-refractivity contribution in [2.75, 3.05) is 6.61 Å². The van der Waals surface area contributed by atoms with Gasteiger partial charge in [0.1, 0.15) is 0 Å². The van der Waals surface area contributed by atoms with Crippen LogP contribution in [0.4, 0.5) is 0 Å².